The maximum absolute atomic E-state index is 12.7. The van der Waals surface area contributed by atoms with Crippen molar-refractivity contribution in [3.63, 3.8) is 0 Å². The van der Waals surface area contributed by atoms with Crippen LogP contribution >= 0.6 is 11.6 Å². The summed E-state index contributed by atoms with van der Waals surface area (Å²) in [6.07, 6.45) is 1.88. The summed E-state index contributed by atoms with van der Waals surface area (Å²) >= 11 is 5.93. The fourth-order valence-corrected chi connectivity index (χ4v) is 4.23. The summed E-state index contributed by atoms with van der Waals surface area (Å²) in [5.41, 5.74) is 0.943. The predicted octanol–water partition coefficient (Wildman–Crippen LogP) is 3.37. The molecule has 3 rings (SSSR count). The van der Waals surface area contributed by atoms with Crippen LogP contribution in [-0.2, 0) is 15.4 Å². The molecule has 0 radical (unpaired) electrons. The Hall–Kier alpha value is -1.76. The molecule has 0 amide bonds. The Kier molecular flexibility index (Phi) is 4.95. The largest absolute Gasteiger partial charge is 0.497 e. The van der Waals surface area contributed by atoms with E-state index in [4.69, 9.17) is 21.1 Å². The van der Waals surface area contributed by atoms with Crippen LogP contribution < -0.4 is 14.2 Å². The molecular formula is C18H20ClNO4S. The molecule has 1 fully saturated rings. The van der Waals surface area contributed by atoms with Crippen molar-refractivity contribution in [1.82, 2.24) is 4.72 Å². The Morgan fingerprint density at radius 3 is 2.32 bits per heavy atom. The first-order valence-electron chi connectivity index (χ1n) is 7.88. The van der Waals surface area contributed by atoms with Gasteiger partial charge in [0, 0.05) is 23.0 Å². The van der Waals surface area contributed by atoms with Crippen LogP contribution in [0.5, 0.6) is 11.5 Å². The number of methoxy groups -OCH3 is 2. The first-order valence-corrected chi connectivity index (χ1v) is 9.74. The molecule has 2 aromatic carbocycles. The minimum atomic E-state index is -3.69. The van der Waals surface area contributed by atoms with E-state index in [2.05, 4.69) is 4.72 Å². The second kappa shape index (κ2) is 6.86. The highest BCUT2D eigenvalue weighted by Gasteiger charge is 2.44. The van der Waals surface area contributed by atoms with E-state index in [-0.39, 0.29) is 16.1 Å². The van der Waals surface area contributed by atoms with E-state index >= 15 is 0 Å². The summed E-state index contributed by atoms with van der Waals surface area (Å²) in [7, 11) is -0.742. The molecule has 1 aliphatic carbocycles. The molecule has 1 aliphatic rings. The topological polar surface area (TPSA) is 64.6 Å². The van der Waals surface area contributed by atoms with Crippen molar-refractivity contribution in [3.05, 3.63) is 53.1 Å². The van der Waals surface area contributed by atoms with Crippen molar-refractivity contribution in [3.8, 4) is 11.5 Å². The number of benzene rings is 2. The van der Waals surface area contributed by atoms with E-state index in [0.29, 0.717) is 17.3 Å². The lowest BCUT2D eigenvalue weighted by Gasteiger charge is -2.18. The fourth-order valence-electron chi connectivity index (χ4n) is 2.83. The molecule has 0 unspecified atom stereocenters. The lowest BCUT2D eigenvalue weighted by molar-refractivity contribution is 0.386. The van der Waals surface area contributed by atoms with E-state index in [0.717, 1.165) is 18.4 Å². The van der Waals surface area contributed by atoms with Gasteiger partial charge in [0.2, 0.25) is 10.0 Å². The van der Waals surface area contributed by atoms with Crippen molar-refractivity contribution in [2.24, 2.45) is 0 Å². The Bertz CT molecular complexity index is 861. The molecule has 25 heavy (non-hydrogen) atoms. The van der Waals surface area contributed by atoms with Gasteiger partial charge in [-0.3, -0.25) is 0 Å². The average Bonchev–Trinajstić information content (AvgIpc) is 3.41. The summed E-state index contributed by atoms with van der Waals surface area (Å²) in [5, 5.41) is 0.670. The van der Waals surface area contributed by atoms with Crippen molar-refractivity contribution in [2.75, 3.05) is 20.8 Å². The SMILES string of the molecule is COc1ccc(S(=O)(=O)NCC2(c3ccc(Cl)cc3)CC2)c(OC)c1. The van der Waals surface area contributed by atoms with Crippen LogP contribution in [0, 0.1) is 0 Å². The van der Waals surface area contributed by atoms with Gasteiger partial charge in [-0.25, -0.2) is 13.1 Å². The van der Waals surface area contributed by atoms with Gasteiger partial charge in [0.25, 0.3) is 0 Å². The predicted molar refractivity (Wildman–Crippen MR) is 97.1 cm³/mol. The van der Waals surface area contributed by atoms with Gasteiger partial charge in [-0.15, -0.1) is 0 Å². The second-order valence-corrected chi connectivity index (χ2v) is 8.30. The van der Waals surface area contributed by atoms with E-state index in [1.165, 1.54) is 20.3 Å². The lowest BCUT2D eigenvalue weighted by atomic mass is 9.96. The Labute approximate surface area is 153 Å². The molecule has 1 saturated carbocycles. The monoisotopic (exact) mass is 381 g/mol. The van der Waals surface area contributed by atoms with Crippen LogP contribution in [0.25, 0.3) is 0 Å². The molecule has 0 bridgehead atoms. The number of hydrogen-bond acceptors (Lipinski definition) is 4. The molecule has 0 atom stereocenters. The first kappa shape index (κ1) is 18.0. The molecule has 5 nitrogen and oxygen atoms in total. The standard InChI is InChI=1S/C18H20ClNO4S/c1-23-15-7-8-17(16(11-15)24-2)25(21,22)20-12-18(9-10-18)13-3-5-14(19)6-4-13/h3-8,11,20H,9-10,12H2,1-2H3. The quantitative estimate of drug-likeness (QED) is 0.798. The highest BCUT2D eigenvalue weighted by atomic mass is 35.5. The Morgan fingerprint density at radius 2 is 1.76 bits per heavy atom. The Balaban J connectivity index is 1.79. The van der Waals surface area contributed by atoms with Crippen molar-refractivity contribution in [1.29, 1.82) is 0 Å². The second-order valence-electron chi connectivity index (χ2n) is 6.13. The van der Waals surface area contributed by atoms with Crippen molar-refractivity contribution in [2.45, 2.75) is 23.2 Å². The molecule has 2 aromatic rings. The highest BCUT2D eigenvalue weighted by Crippen LogP contribution is 2.48. The van der Waals surface area contributed by atoms with Gasteiger partial charge < -0.3 is 9.47 Å². The van der Waals surface area contributed by atoms with Crippen LogP contribution in [0.1, 0.15) is 18.4 Å². The van der Waals surface area contributed by atoms with Gasteiger partial charge >= 0.3 is 0 Å². The van der Waals surface area contributed by atoms with Gasteiger partial charge in [-0.1, -0.05) is 23.7 Å². The molecule has 7 heteroatoms. The summed E-state index contributed by atoms with van der Waals surface area (Å²) in [5.74, 6) is 0.791. The minimum absolute atomic E-state index is 0.0997. The van der Waals surface area contributed by atoms with Crippen molar-refractivity contribution >= 4 is 21.6 Å². The Morgan fingerprint density at radius 1 is 1.08 bits per heavy atom. The zero-order valence-corrected chi connectivity index (χ0v) is 15.7. The van der Waals surface area contributed by atoms with Crippen LogP contribution in [0.2, 0.25) is 5.02 Å². The maximum atomic E-state index is 12.7. The summed E-state index contributed by atoms with van der Waals surface area (Å²) < 4.78 is 38.5. The zero-order chi connectivity index (χ0) is 18.1. The number of halogens is 1. The molecule has 0 aliphatic heterocycles. The first-order chi connectivity index (χ1) is 11.9. The van der Waals surface area contributed by atoms with E-state index < -0.39 is 10.0 Å². The normalized spacial score (nSPS) is 15.6. The molecule has 1 N–H and O–H groups in total. The van der Waals surface area contributed by atoms with Crippen LogP contribution in [-0.4, -0.2) is 29.2 Å². The number of sulfonamides is 1. The zero-order valence-electron chi connectivity index (χ0n) is 14.1. The van der Waals surface area contributed by atoms with Gasteiger partial charge in [0.05, 0.1) is 14.2 Å². The smallest absolute Gasteiger partial charge is 0.244 e. The van der Waals surface area contributed by atoms with E-state index in [9.17, 15) is 8.42 Å². The number of nitrogens with one attached hydrogen (secondary N) is 1. The third-order valence-electron chi connectivity index (χ3n) is 4.57. The third-order valence-corrected chi connectivity index (χ3v) is 6.26. The molecule has 0 heterocycles. The maximum Gasteiger partial charge on any atom is 0.244 e. The van der Waals surface area contributed by atoms with Gasteiger partial charge in [-0.2, -0.15) is 0 Å². The molecule has 0 saturated heterocycles. The van der Waals surface area contributed by atoms with Gasteiger partial charge in [0.1, 0.15) is 16.4 Å². The molecule has 134 valence electrons. The minimum Gasteiger partial charge on any atom is -0.497 e. The molecule has 0 aromatic heterocycles. The fraction of sp³-hybridized carbons (Fsp3) is 0.333. The van der Waals surface area contributed by atoms with Gasteiger partial charge in [0.15, 0.2) is 0 Å². The van der Waals surface area contributed by atoms with E-state index in [1.807, 2.05) is 24.3 Å². The van der Waals surface area contributed by atoms with Crippen molar-refractivity contribution < 1.29 is 17.9 Å². The van der Waals surface area contributed by atoms with E-state index in [1.54, 1.807) is 12.1 Å². The number of ether oxygens (including phenoxy) is 2. The average molecular weight is 382 g/mol. The summed E-state index contributed by atoms with van der Waals surface area (Å²) in [6.45, 7) is 0.339. The van der Waals surface area contributed by atoms with Gasteiger partial charge in [-0.05, 0) is 42.7 Å². The highest BCUT2D eigenvalue weighted by molar-refractivity contribution is 7.89. The third kappa shape index (κ3) is 3.76. The molecule has 0 spiro atoms. The number of rotatable bonds is 7. The molecular weight excluding hydrogens is 362 g/mol. The summed E-state index contributed by atoms with van der Waals surface area (Å²) in [4.78, 5) is 0.0997. The summed E-state index contributed by atoms with van der Waals surface area (Å²) in [6, 6.07) is 12.2. The lowest BCUT2D eigenvalue weighted by Crippen LogP contribution is -2.32. The number of hydrogen-bond donors (Lipinski definition) is 1. The van der Waals surface area contributed by atoms with Crippen LogP contribution in [0.15, 0.2) is 47.4 Å². The van der Waals surface area contributed by atoms with Crippen LogP contribution in [0.4, 0.5) is 0 Å². The van der Waals surface area contributed by atoms with Crippen LogP contribution in [0.3, 0.4) is 0 Å².